The molecule has 1 aliphatic carbocycles. The fourth-order valence-electron chi connectivity index (χ4n) is 7.78. The molecule has 4 heterocycles. The van der Waals surface area contributed by atoms with Crippen LogP contribution in [0.15, 0.2) is 30.9 Å². The third-order valence-electron chi connectivity index (χ3n) is 10.1. The molecule has 1 spiro atoms. The molecular formula is C31H42FN7O4. The number of benzene rings is 1. The van der Waals surface area contributed by atoms with Gasteiger partial charge in [0.15, 0.2) is 12.0 Å². The Balaban J connectivity index is 1.24. The van der Waals surface area contributed by atoms with Crippen molar-refractivity contribution in [2.24, 2.45) is 5.92 Å². The first kappa shape index (κ1) is 30.0. The number of carbonyl (C=O) groups excluding carboxylic acids is 2. The summed E-state index contributed by atoms with van der Waals surface area (Å²) in [6.07, 6.45) is 4.92. The molecule has 4 unspecified atom stereocenters. The van der Waals surface area contributed by atoms with Crippen molar-refractivity contribution in [1.29, 1.82) is 5.26 Å². The molecule has 4 fully saturated rings. The molecule has 11 nitrogen and oxygen atoms in total. The number of nitrogens with zero attached hydrogens (tertiary/aromatic N) is 5. The number of anilines is 1. The number of likely N-dealkylation sites (tertiary alicyclic amines) is 1. The van der Waals surface area contributed by atoms with E-state index in [0.717, 1.165) is 19.4 Å². The van der Waals surface area contributed by atoms with E-state index in [1.165, 1.54) is 23.1 Å². The van der Waals surface area contributed by atoms with Crippen LogP contribution in [0.4, 0.5) is 10.1 Å². The molecule has 1 aromatic rings. The zero-order chi connectivity index (χ0) is 30.3. The van der Waals surface area contributed by atoms with E-state index >= 15 is 0 Å². The highest BCUT2D eigenvalue weighted by atomic mass is 19.1. The number of fused-ring (bicyclic) bond motifs is 2. The number of hydrogen-bond donors (Lipinski definition) is 2. The van der Waals surface area contributed by atoms with Crippen LogP contribution in [-0.4, -0.2) is 110 Å². The minimum atomic E-state index is -1.07. The number of amides is 2. The van der Waals surface area contributed by atoms with Crippen molar-refractivity contribution >= 4 is 17.5 Å². The van der Waals surface area contributed by atoms with Gasteiger partial charge in [-0.2, -0.15) is 5.26 Å². The summed E-state index contributed by atoms with van der Waals surface area (Å²) in [7, 11) is 3.80. The number of likely N-dealkylation sites (N-methyl/N-ethyl adjacent to an activating group) is 2. The summed E-state index contributed by atoms with van der Waals surface area (Å²) in [4.78, 5) is 34.3. The van der Waals surface area contributed by atoms with Gasteiger partial charge in [-0.25, -0.2) is 4.39 Å². The fraction of sp³-hybridized carbons (Fsp3) is 0.645. The normalized spacial score (nSPS) is 34.8. The first-order chi connectivity index (χ1) is 20.7. The number of carbonyl (C=O) groups is 2. The van der Waals surface area contributed by atoms with Gasteiger partial charge in [-0.3, -0.25) is 25.1 Å². The zero-order valence-electron chi connectivity index (χ0n) is 25.0. The molecule has 5 aliphatic rings. The molecule has 2 N–H and O–H groups in total. The topological polar surface area (TPSA) is 113 Å². The lowest BCUT2D eigenvalue weighted by atomic mass is 9.71. The summed E-state index contributed by atoms with van der Waals surface area (Å²) < 4.78 is 26.9. The van der Waals surface area contributed by atoms with Crippen molar-refractivity contribution in [1.82, 2.24) is 25.3 Å². The maximum atomic E-state index is 14.0. The van der Waals surface area contributed by atoms with E-state index in [-0.39, 0.29) is 42.4 Å². The monoisotopic (exact) mass is 595 g/mol. The van der Waals surface area contributed by atoms with Gasteiger partial charge >= 0.3 is 0 Å². The molecule has 0 aromatic heterocycles. The number of piperazine rings is 1. The van der Waals surface area contributed by atoms with Gasteiger partial charge in [-0.1, -0.05) is 6.58 Å². The highest BCUT2D eigenvalue weighted by Gasteiger charge is 2.56. The zero-order valence-corrected chi connectivity index (χ0v) is 25.0. The molecule has 0 bridgehead atoms. The number of nitriles is 1. The second-order valence-electron chi connectivity index (χ2n) is 12.6. The Morgan fingerprint density at radius 1 is 1.26 bits per heavy atom. The molecule has 4 aliphatic heterocycles. The minimum absolute atomic E-state index is 0.0881. The molecule has 12 heteroatoms. The standard InChI is InChI=1S/C31H42FN7O4/c1-4-27(40)39-15-14-38(18-21(39)10-12-33)28-23-9-11-31(29(41)37(3)25-16-20(32)7-8-26(25)43-31)17-24(23)34-30(35-28)42-19-22-6-5-13-36(22)2/h4,7-8,16,21-24,28,30,34-35H,1,5-6,9-11,13-15,17-19H2,2-3H3/t21-,22+,23?,24?,28?,30?,31-/m1/s1. The molecule has 7 atom stereocenters. The Bertz CT molecular complexity index is 1290. The molecule has 43 heavy (non-hydrogen) atoms. The molecule has 232 valence electrons. The van der Waals surface area contributed by atoms with Crippen molar-refractivity contribution in [2.75, 3.05) is 51.8 Å². The first-order valence-corrected chi connectivity index (χ1v) is 15.4. The summed E-state index contributed by atoms with van der Waals surface area (Å²) in [6, 6.07) is 6.55. The SMILES string of the molecule is C=CC(=O)N1CCN(C2NC(OC[C@@H]3CCCN3C)NC3C[C@@]4(CCC32)Oc2ccc(F)cc2N(C)C4=O)C[C@H]1CC#N. The van der Waals surface area contributed by atoms with E-state index in [4.69, 9.17) is 9.47 Å². The maximum Gasteiger partial charge on any atom is 0.271 e. The van der Waals surface area contributed by atoms with E-state index in [1.54, 1.807) is 18.0 Å². The van der Waals surface area contributed by atoms with Crippen molar-refractivity contribution < 1.29 is 23.5 Å². The Morgan fingerprint density at radius 3 is 2.84 bits per heavy atom. The Hall–Kier alpha value is -3.08. The van der Waals surface area contributed by atoms with E-state index < -0.39 is 17.8 Å². The molecule has 1 aromatic carbocycles. The van der Waals surface area contributed by atoms with Crippen LogP contribution in [0.3, 0.4) is 0 Å². The van der Waals surface area contributed by atoms with Crippen LogP contribution in [0, 0.1) is 23.1 Å². The van der Waals surface area contributed by atoms with Crippen molar-refractivity contribution in [3.05, 3.63) is 36.7 Å². The van der Waals surface area contributed by atoms with Crippen LogP contribution >= 0.6 is 0 Å². The third kappa shape index (κ3) is 5.65. The third-order valence-corrected chi connectivity index (χ3v) is 10.1. The number of ether oxygens (including phenoxy) is 2. The second kappa shape index (κ2) is 12.1. The lowest BCUT2D eigenvalue weighted by molar-refractivity contribution is -0.151. The molecule has 0 radical (unpaired) electrons. The quantitative estimate of drug-likeness (QED) is 0.474. The average molecular weight is 596 g/mol. The average Bonchev–Trinajstić information content (AvgIpc) is 3.43. The lowest BCUT2D eigenvalue weighted by Crippen LogP contribution is -2.74. The predicted octanol–water partition coefficient (Wildman–Crippen LogP) is 1.61. The van der Waals surface area contributed by atoms with Gasteiger partial charge in [0.1, 0.15) is 11.6 Å². The van der Waals surface area contributed by atoms with Gasteiger partial charge in [0.2, 0.25) is 5.91 Å². The maximum absolute atomic E-state index is 14.0. The highest BCUT2D eigenvalue weighted by Crippen LogP contribution is 2.46. The summed E-state index contributed by atoms with van der Waals surface area (Å²) in [5, 5.41) is 16.9. The molecular weight excluding hydrogens is 553 g/mol. The first-order valence-electron chi connectivity index (χ1n) is 15.4. The Morgan fingerprint density at radius 2 is 2.09 bits per heavy atom. The minimum Gasteiger partial charge on any atom is -0.475 e. The van der Waals surface area contributed by atoms with Crippen LogP contribution in [0.5, 0.6) is 5.75 Å². The van der Waals surface area contributed by atoms with Crippen molar-refractivity contribution in [2.45, 2.75) is 74.8 Å². The van der Waals surface area contributed by atoms with Crippen LogP contribution in [0.1, 0.15) is 38.5 Å². The summed E-state index contributed by atoms with van der Waals surface area (Å²) in [5.41, 5.74) is -0.629. The van der Waals surface area contributed by atoms with Crippen LogP contribution in [0.25, 0.3) is 0 Å². The van der Waals surface area contributed by atoms with Gasteiger partial charge in [0, 0.05) is 57.2 Å². The van der Waals surface area contributed by atoms with Crippen LogP contribution in [-0.2, 0) is 14.3 Å². The van der Waals surface area contributed by atoms with E-state index in [0.29, 0.717) is 63.0 Å². The van der Waals surface area contributed by atoms with Crippen LogP contribution in [0.2, 0.25) is 0 Å². The number of rotatable bonds is 6. The largest absolute Gasteiger partial charge is 0.475 e. The summed E-state index contributed by atoms with van der Waals surface area (Å²) in [6.45, 7) is 6.97. The van der Waals surface area contributed by atoms with Crippen LogP contribution < -0.4 is 20.3 Å². The fourth-order valence-corrected chi connectivity index (χ4v) is 7.78. The van der Waals surface area contributed by atoms with E-state index in [9.17, 15) is 19.2 Å². The molecule has 6 rings (SSSR count). The van der Waals surface area contributed by atoms with Gasteiger partial charge in [-0.05, 0) is 57.5 Å². The van der Waals surface area contributed by atoms with E-state index in [2.05, 4.69) is 40.1 Å². The number of halogens is 1. The molecule has 1 saturated carbocycles. The number of nitrogens with one attached hydrogen (secondary N) is 2. The van der Waals surface area contributed by atoms with Gasteiger partial charge in [0.05, 0.1) is 37.0 Å². The van der Waals surface area contributed by atoms with Gasteiger partial charge < -0.3 is 24.2 Å². The highest BCUT2D eigenvalue weighted by molar-refractivity contribution is 6.02. The molecule has 3 saturated heterocycles. The Kier molecular flexibility index (Phi) is 8.45. The predicted molar refractivity (Wildman–Crippen MR) is 157 cm³/mol. The van der Waals surface area contributed by atoms with Crippen molar-refractivity contribution in [3.8, 4) is 11.8 Å². The van der Waals surface area contributed by atoms with Crippen molar-refractivity contribution in [3.63, 3.8) is 0 Å². The van der Waals surface area contributed by atoms with E-state index in [1.807, 2.05) is 0 Å². The summed E-state index contributed by atoms with van der Waals surface area (Å²) >= 11 is 0. The number of hydrogen-bond acceptors (Lipinski definition) is 9. The second-order valence-corrected chi connectivity index (χ2v) is 12.6. The van der Waals surface area contributed by atoms with Gasteiger partial charge in [-0.15, -0.1) is 0 Å². The molecule has 2 amide bonds. The Labute approximate surface area is 252 Å². The van der Waals surface area contributed by atoms with Gasteiger partial charge in [0.25, 0.3) is 5.91 Å². The smallest absolute Gasteiger partial charge is 0.271 e. The summed E-state index contributed by atoms with van der Waals surface area (Å²) in [5.74, 6) is -0.111. The lowest BCUT2D eigenvalue weighted by Gasteiger charge is -2.55.